The van der Waals surface area contributed by atoms with Crippen molar-refractivity contribution in [1.29, 1.82) is 0 Å². The second-order valence-electron chi connectivity index (χ2n) is 7.01. The molecule has 2 N–H and O–H groups in total. The lowest BCUT2D eigenvalue weighted by molar-refractivity contribution is -0.384. The maximum Gasteiger partial charge on any atom is 0.460 e. The van der Waals surface area contributed by atoms with E-state index in [4.69, 9.17) is 0 Å². The summed E-state index contributed by atoms with van der Waals surface area (Å²) in [4.78, 5) is 33.5. The Kier molecular flexibility index (Phi) is 7.83. The SMILES string of the molecule is CC(=NNC(=O)Cc1ccc([N+](=O)[O-])cc1)c1cccc(NC(=O)C(F)(F)C(F)(F)C(F)(F)F)c1. The molecule has 0 aliphatic carbocycles. The molecule has 2 rings (SSSR count). The highest BCUT2D eigenvalue weighted by molar-refractivity contribution is 6.02. The maximum atomic E-state index is 13.5. The Morgan fingerprint density at radius 3 is 2.14 bits per heavy atom. The smallest absolute Gasteiger partial charge is 0.321 e. The van der Waals surface area contributed by atoms with Crippen molar-refractivity contribution in [2.75, 3.05) is 5.32 Å². The summed E-state index contributed by atoms with van der Waals surface area (Å²) in [5.74, 6) is -16.2. The highest BCUT2D eigenvalue weighted by Crippen LogP contribution is 2.46. The maximum absolute atomic E-state index is 13.5. The monoisotopic (exact) mass is 508 g/mol. The van der Waals surface area contributed by atoms with Crippen molar-refractivity contribution in [2.24, 2.45) is 5.10 Å². The van der Waals surface area contributed by atoms with E-state index in [-0.39, 0.29) is 23.4 Å². The van der Waals surface area contributed by atoms with Crippen LogP contribution in [0.15, 0.2) is 53.6 Å². The van der Waals surface area contributed by atoms with Gasteiger partial charge in [0.2, 0.25) is 5.91 Å². The lowest BCUT2D eigenvalue weighted by Gasteiger charge is -2.27. The zero-order valence-electron chi connectivity index (χ0n) is 17.5. The molecule has 2 aromatic rings. The van der Waals surface area contributed by atoms with Crippen molar-refractivity contribution in [1.82, 2.24) is 5.43 Å². The molecule has 0 aliphatic rings. The highest BCUT2D eigenvalue weighted by atomic mass is 19.4. The summed E-state index contributed by atoms with van der Waals surface area (Å²) in [5, 5.41) is 15.7. The van der Waals surface area contributed by atoms with Crippen molar-refractivity contribution < 1.29 is 45.2 Å². The van der Waals surface area contributed by atoms with Crippen molar-refractivity contribution in [2.45, 2.75) is 31.4 Å². The van der Waals surface area contributed by atoms with E-state index >= 15 is 0 Å². The number of rotatable bonds is 8. The number of halogens is 7. The molecule has 0 aromatic heterocycles. The highest BCUT2D eigenvalue weighted by Gasteiger charge is 2.76. The predicted octanol–water partition coefficient (Wildman–Crippen LogP) is 4.45. The summed E-state index contributed by atoms with van der Waals surface area (Å²) in [7, 11) is 0. The standard InChI is InChI=1S/C20H15F7N4O4/c1-11(29-30-16(32)9-12-5-7-15(8-6-12)31(34)35)13-3-2-4-14(10-13)28-17(33)18(21,22)19(23,24)20(25,26)27/h2-8,10H,9H2,1H3,(H,28,33)(H,30,32). The van der Waals surface area contributed by atoms with Crippen LogP contribution in [0.25, 0.3) is 0 Å². The van der Waals surface area contributed by atoms with Crippen LogP contribution >= 0.6 is 0 Å². The van der Waals surface area contributed by atoms with Gasteiger partial charge in [0, 0.05) is 17.8 Å². The molecule has 0 heterocycles. The number of benzene rings is 2. The molecule has 0 saturated carbocycles. The van der Waals surface area contributed by atoms with E-state index in [2.05, 4.69) is 10.5 Å². The van der Waals surface area contributed by atoms with Crippen LogP contribution in [-0.4, -0.2) is 40.5 Å². The number of alkyl halides is 7. The van der Waals surface area contributed by atoms with Crippen molar-refractivity contribution in [3.05, 3.63) is 69.8 Å². The Bertz CT molecular complexity index is 1150. The van der Waals surface area contributed by atoms with Crippen LogP contribution in [0, 0.1) is 10.1 Å². The van der Waals surface area contributed by atoms with Gasteiger partial charge in [0.05, 0.1) is 17.1 Å². The number of carbonyl (C=O) groups excluding carboxylic acids is 2. The van der Waals surface area contributed by atoms with E-state index in [0.717, 1.165) is 12.1 Å². The Morgan fingerprint density at radius 1 is 1.00 bits per heavy atom. The third-order valence-corrected chi connectivity index (χ3v) is 4.43. The number of carbonyl (C=O) groups is 2. The molecule has 0 bridgehead atoms. The third kappa shape index (κ3) is 6.30. The quantitative estimate of drug-likeness (QED) is 0.237. The topological polar surface area (TPSA) is 114 Å². The van der Waals surface area contributed by atoms with Crippen molar-refractivity contribution >= 4 is 28.9 Å². The fraction of sp³-hybridized carbons (Fsp3) is 0.250. The Labute approximate surface area is 192 Å². The van der Waals surface area contributed by atoms with E-state index in [1.807, 2.05) is 0 Å². The van der Waals surface area contributed by atoms with E-state index in [1.54, 1.807) is 0 Å². The molecule has 2 amide bonds. The molecule has 2 aromatic carbocycles. The first-order valence-corrected chi connectivity index (χ1v) is 9.37. The molecule has 0 aliphatic heterocycles. The molecule has 35 heavy (non-hydrogen) atoms. The average molecular weight is 508 g/mol. The van der Waals surface area contributed by atoms with Gasteiger partial charge in [-0.25, -0.2) is 5.43 Å². The van der Waals surface area contributed by atoms with Gasteiger partial charge in [-0.2, -0.15) is 35.8 Å². The number of nitro groups is 1. The summed E-state index contributed by atoms with van der Waals surface area (Å²) in [6, 6.07) is 9.54. The molecule has 8 nitrogen and oxygen atoms in total. The zero-order chi connectivity index (χ0) is 26.6. The minimum Gasteiger partial charge on any atom is -0.321 e. The van der Waals surface area contributed by atoms with Crippen LogP contribution in [0.2, 0.25) is 0 Å². The number of nitrogens with one attached hydrogen (secondary N) is 2. The predicted molar refractivity (Wildman–Crippen MR) is 108 cm³/mol. The number of amides is 2. The van der Waals surface area contributed by atoms with Gasteiger partial charge in [-0.15, -0.1) is 0 Å². The van der Waals surface area contributed by atoms with Gasteiger partial charge in [0.1, 0.15) is 0 Å². The molecule has 188 valence electrons. The number of hydrogen-bond donors (Lipinski definition) is 2. The molecule has 0 fully saturated rings. The zero-order valence-corrected chi connectivity index (χ0v) is 17.5. The average Bonchev–Trinajstić information content (AvgIpc) is 2.77. The molecular weight excluding hydrogens is 493 g/mol. The lowest BCUT2D eigenvalue weighted by atomic mass is 10.1. The Morgan fingerprint density at radius 2 is 1.60 bits per heavy atom. The number of hydrogen-bond acceptors (Lipinski definition) is 5. The van der Waals surface area contributed by atoms with Gasteiger partial charge >= 0.3 is 23.9 Å². The van der Waals surface area contributed by atoms with E-state index in [1.165, 1.54) is 48.6 Å². The molecule has 0 radical (unpaired) electrons. The second-order valence-corrected chi connectivity index (χ2v) is 7.01. The van der Waals surface area contributed by atoms with Crippen LogP contribution in [-0.2, 0) is 16.0 Å². The van der Waals surface area contributed by atoms with E-state index in [9.17, 15) is 50.4 Å². The summed E-state index contributed by atoms with van der Waals surface area (Å²) >= 11 is 0. The molecule has 0 spiro atoms. The summed E-state index contributed by atoms with van der Waals surface area (Å²) in [5.41, 5.74) is 2.06. The Balaban J connectivity index is 2.08. The first-order valence-electron chi connectivity index (χ1n) is 9.37. The lowest BCUT2D eigenvalue weighted by Crippen LogP contribution is -2.57. The molecule has 0 unspecified atom stereocenters. The molecule has 15 heteroatoms. The van der Waals surface area contributed by atoms with Crippen LogP contribution in [0.1, 0.15) is 18.1 Å². The van der Waals surface area contributed by atoms with Crippen LogP contribution < -0.4 is 10.7 Å². The normalized spacial score (nSPS) is 12.7. The second kappa shape index (κ2) is 10.1. The first kappa shape index (κ1) is 27.2. The number of nitrogens with zero attached hydrogens (tertiary/aromatic N) is 2. The minimum absolute atomic E-state index is 0.0607. The summed E-state index contributed by atoms with van der Waals surface area (Å²) in [6.45, 7) is 1.35. The molecule has 0 saturated heterocycles. The van der Waals surface area contributed by atoms with Crippen molar-refractivity contribution in [3.8, 4) is 0 Å². The largest absolute Gasteiger partial charge is 0.460 e. The number of nitro benzene ring substituents is 1. The first-order chi connectivity index (χ1) is 16.1. The van der Waals surface area contributed by atoms with Crippen molar-refractivity contribution in [3.63, 3.8) is 0 Å². The molecular formula is C20H15F7N4O4. The van der Waals surface area contributed by atoms with Gasteiger partial charge in [0.25, 0.3) is 5.69 Å². The Hall–Kier alpha value is -4.04. The number of hydrazone groups is 1. The van der Waals surface area contributed by atoms with Gasteiger partial charge in [-0.3, -0.25) is 19.7 Å². The summed E-state index contributed by atoms with van der Waals surface area (Å²) < 4.78 is 89.8. The van der Waals surface area contributed by atoms with Crippen LogP contribution in [0.5, 0.6) is 0 Å². The van der Waals surface area contributed by atoms with Gasteiger partial charge in [-0.05, 0) is 30.2 Å². The molecule has 0 atom stereocenters. The van der Waals surface area contributed by atoms with Crippen LogP contribution in [0.4, 0.5) is 42.1 Å². The number of anilines is 1. The summed E-state index contributed by atoms with van der Waals surface area (Å²) in [6.07, 6.45) is -6.86. The van der Waals surface area contributed by atoms with E-state index in [0.29, 0.717) is 5.56 Å². The number of non-ortho nitro benzene ring substituents is 1. The fourth-order valence-electron chi connectivity index (χ4n) is 2.52. The fourth-order valence-corrected chi connectivity index (χ4v) is 2.52. The van der Waals surface area contributed by atoms with Crippen LogP contribution in [0.3, 0.4) is 0 Å². The van der Waals surface area contributed by atoms with Gasteiger partial charge < -0.3 is 5.32 Å². The third-order valence-electron chi connectivity index (χ3n) is 4.43. The van der Waals surface area contributed by atoms with Gasteiger partial charge in [-0.1, -0.05) is 24.3 Å². The minimum atomic E-state index is -6.66. The van der Waals surface area contributed by atoms with E-state index < -0.39 is 40.4 Å². The van der Waals surface area contributed by atoms with Gasteiger partial charge in [0.15, 0.2) is 0 Å².